The summed E-state index contributed by atoms with van der Waals surface area (Å²) in [6, 6.07) is 4.00. The molecule has 1 aliphatic carbocycles. The van der Waals surface area contributed by atoms with Crippen LogP contribution in [0.3, 0.4) is 0 Å². The number of halogens is 2. The van der Waals surface area contributed by atoms with E-state index in [0.29, 0.717) is 36.8 Å². The van der Waals surface area contributed by atoms with Gasteiger partial charge in [-0.15, -0.1) is 0 Å². The molecule has 3 fully saturated rings. The molecule has 1 N–H and O–H groups in total. The van der Waals surface area contributed by atoms with E-state index < -0.39 is 17.2 Å². The number of rotatable bonds is 5. The first kappa shape index (κ1) is 17.3. The quantitative estimate of drug-likeness (QED) is 0.869. The number of aromatic nitrogens is 2. The highest BCUT2D eigenvalue weighted by Gasteiger charge is 2.48. The third-order valence-electron chi connectivity index (χ3n) is 6.28. The van der Waals surface area contributed by atoms with Gasteiger partial charge in [0.2, 0.25) is 5.89 Å². The zero-order chi connectivity index (χ0) is 18.6. The van der Waals surface area contributed by atoms with Crippen molar-refractivity contribution in [2.24, 2.45) is 0 Å². The van der Waals surface area contributed by atoms with Gasteiger partial charge in [0.1, 0.15) is 11.6 Å². The van der Waals surface area contributed by atoms with Gasteiger partial charge in [0, 0.05) is 30.5 Å². The van der Waals surface area contributed by atoms with Crippen molar-refractivity contribution in [3.63, 3.8) is 0 Å². The van der Waals surface area contributed by atoms with Gasteiger partial charge in [0.15, 0.2) is 5.82 Å². The first-order valence-electron chi connectivity index (χ1n) is 9.74. The van der Waals surface area contributed by atoms with Gasteiger partial charge in [-0.05, 0) is 50.2 Å². The topological polar surface area (TPSA) is 62.4 Å². The van der Waals surface area contributed by atoms with Crippen molar-refractivity contribution >= 4 is 0 Å². The molecule has 2 aliphatic heterocycles. The number of benzene rings is 1. The fraction of sp³-hybridized carbons (Fsp3) is 0.600. The van der Waals surface area contributed by atoms with E-state index in [1.165, 1.54) is 12.1 Å². The molecule has 2 atom stereocenters. The maximum Gasteiger partial charge on any atom is 0.240 e. The Morgan fingerprint density at radius 3 is 2.56 bits per heavy atom. The second kappa shape index (κ2) is 6.34. The Bertz CT molecular complexity index is 838. The Hall–Kier alpha value is -1.86. The summed E-state index contributed by atoms with van der Waals surface area (Å²) < 4.78 is 32.6. The fourth-order valence-electron chi connectivity index (χ4n) is 4.83. The Kier molecular flexibility index (Phi) is 4.05. The molecule has 2 bridgehead atoms. The zero-order valence-corrected chi connectivity index (χ0v) is 15.1. The van der Waals surface area contributed by atoms with Crippen LogP contribution in [0.4, 0.5) is 8.78 Å². The van der Waals surface area contributed by atoms with Crippen LogP contribution in [0.25, 0.3) is 0 Å². The zero-order valence-electron chi connectivity index (χ0n) is 15.1. The predicted molar refractivity (Wildman–Crippen MR) is 92.9 cm³/mol. The summed E-state index contributed by atoms with van der Waals surface area (Å²) >= 11 is 0. The summed E-state index contributed by atoms with van der Waals surface area (Å²) in [6.45, 7) is 0.607. The molecule has 3 aliphatic rings. The van der Waals surface area contributed by atoms with Crippen molar-refractivity contribution in [1.29, 1.82) is 0 Å². The maximum atomic E-state index is 14.0. The highest BCUT2D eigenvalue weighted by atomic mass is 19.1. The summed E-state index contributed by atoms with van der Waals surface area (Å²) in [4.78, 5) is 6.87. The van der Waals surface area contributed by atoms with Crippen molar-refractivity contribution in [2.75, 3.05) is 0 Å². The average Bonchev–Trinajstić information content (AvgIpc) is 3.31. The monoisotopic (exact) mass is 375 g/mol. The van der Waals surface area contributed by atoms with Gasteiger partial charge in [-0.2, -0.15) is 4.98 Å². The van der Waals surface area contributed by atoms with Crippen molar-refractivity contribution in [2.45, 2.75) is 75.1 Å². The highest BCUT2D eigenvalue weighted by molar-refractivity contribution is 5.22. The molecule has 0 spiro atoms. The van der Waals surface area contributed by atoms with E-state index in [2.05, 4.69) is 15.0 Å². The van der Waals surface area contributed by atoms with Crippen LogP contribution in [0, 0.1) is 11.6 Å². The van der Waals surface area contributed by atoms with Crippen molar-refractivity contribution in [3.8, 4) is 0 Å². The molecule has 5 nitrogen and oxygen atoms in total. The largest absolute Gasteiger partial charge is 0.389 e. The number of hydrogen-bond acceptors (Lipinski definition) is 5. The molecule has 7 heteroatoms. The van der Waals surface area contributed by atoms with Gasteiger partial charge in [0.05, 0.1) is 12.1 Å². The molecular weight excluding hydrogens is 352 g/mol. The molecule has 144 valence electrons. The Labute approximate surface area is 156 Å². The Balaban J connectivity index is 1.28. The summed E-state index contributed by atoms with van der Waals surface area (Å²) in [6.07, 6.45) is 5.65. The van der Waals surface area contributed by atoms with E-state index >= 15 is 0 Å². The summed E-state index contributed by atoms with van der Waals surface area (Å²) in [5, 5.41) is 15.2. The maximum absolute atomic E-state index is 14.0. The molecule has 3 heterocycles. The number of hydrogen-bond donors (Lipinski definition) is 1. The number of aliphatic hydroxyl groups is 1. The molecule has 1 aromatic carbocycles. The van der Waals surface area contributed by atoms with Gasteiger partial charge in [0.25, 0.3) is 0 Å². The summed E-state index contributed by atoms with van der Waals surface area (Å²) in [5.74, 6) is 0.748. The van der Waals surface area contributed by atoms with Gasteiger partial charge >= 0.3 is 0 Å². The summed E-state index contributed by atoms with van der Waals surface area (Å²) in [5.41, 5.74) is -0.590. The van der Waals surface area contributed by atoms with E-state index in [0.717, 1.165) is 37.6 Å². The molecule has 5 rings (SSSR count). The van der Waals surface area contributed by atoms with Gasteiger partial charge < -0.3 is 9.63 Å². The second-order valence-corrected chi connectivity index (χ2v) is 8.42. The minimum absolute atomic E-state index is 0.215. The Morgan fingerprint density at radius 1 is 1.15 bits per heavy atom. The van der Waals surface area contributed by atoms with E-state index in [1.807, 2.05) is 0 Å². The van der Waals surface area contributed by atoms with Crippen LogP contribution in [-0.2, 0) is 13.0 Å². The van der Waals surface area contributed by atoms with Crippen LogP contribution in [0.5, 0.6) is 0 Å². The van der Waals surface area contributed by atoms with E-state index in [9.17, 15) is 13.9 Å². The smallest absolute Gasteiger partial charge is 0.240 e. The third-order valence-corrected chi connectivity index (χ3v) is 6.28. The van der Waals surface area contributed by atoms with Gasteiger partial charge in [-0.3, -0.25) is 4.90 Å². The van der Waals surface area contributed by atoms with Crippen LogP contribution in [-0.4, -0.2) is 37.8 Å². The van der Waals surface area contributed by atoms with Crippen LogP contribution in [0.1, 0.15) is 61.7 Å². The van der Waals surface area contributed by atoms with Crippen molar-refractivity contribution in [1.82, 2.24) is 15.0 Å². The van der Waals surface area contributed by atoms with Crippen LogP contribution in [0.15, 0.2) is 22.7 Å². The number of nitrogens with zero attached hydrogens (tertiary/aromatic N) is 3. The molecule has 2 unspecified atom stereocenters. The van der Waals surface area contributed by atoms with Gasteiger partial charge in [-0.25, -0.2) is 8.78 Å². The lowest BCUT2D eigenvalue weighted by atomic mass is 9.81. The molecule has 0 amide bonds. The minimum atomic E-state index is -0.963. The fourth-order valence-corrected chi connectivity index (χ4v) is 4.83. The van der Waals surface area contributed by atoms with Gasteiger partial charge in [-0.1, -0.05) is 11.2 Å². The highest BCUT2D eigenvalue weighted by Crippen LogP contribution is 2.43. The average molecular weight is 375 g/mol. The summed E-state index contributed by atoms with van der Waals surface area (Å²) in [7, 11) is 0. The van der Waals surface area contributed by atoms with E-state index in [-0.39, 0.29) is 18.5 Å². The molecule has 1 saturated carbocycles. The molecular formula is C20H23F2N3O2. The van der Waals surface area contributed by atoms with E-state index in [1.54, 1.807) is 0 Å². The first-order valence-corrected chi connectivity index (χ1v) is 9.74. The molecule has 1 aromatic heterocycles. The lowest BCUT2D eigenvalue weighted by molar-refractivity contribution is -0.0567. The first-order chi connectivity index (χ1) is 13.0. The normalized spacial score (nSPS) is 30.8. The van der Waals surface area contributed by atoms with Crippen molar-refractivity contribution in [3.05, 3.63) is 47.1 Å². The minimum Gasteiger partial charge on any atom is -0.389 e. The number of piperidine rings is 1. The van der Waals surface area contributed by atoms with E-state index in [4.69, 9.17) is 4.52 Å². The molecule has 27 heavy (non-hydrogen) atoms. The SMILES string of the molecule is OC1(Cc2ccc(F)cc2F)CC2CCC(C1)N2Cc1nc(C2CC2)no1. The number of fused-ring (bicyclic) bond motifs is 2. The Morgan fingerprint density at radius 2 is 1.89 bits per heavy atom. The predicted octanol–water partition coefficient (Wildman–Crippen LogP) is 3.33. The van der Waals surface area contributed by atoms with Crippen LogP contribution >= 0.6 is 0 Å². The molecule has 2 aromatic rings. The van der Waals surface area contributed by atoms with Crippen LogP contribution < -0.4 is 0 Å². The lowest BCUT2D eigenvalue weighted by Crippen LogP contribution is -2.51. The third kappa shape index (κ3) is 3.38. The molecule has 2 saturated heterocycles. The standard InChI is InChI=1S/C20H23F2N3O2/c21-14-4-3-13(17(22)7-14)8-20(26)9-15-5-6-16(10-20)25(15)11-18-23-19(24-27-18)12-1-2-12/h3-4,7,12,15-16,26H,1-2,5-6,8-11H2. The second-order valence-electron chi connectivity index (χ2n) is 8.42. The lowest BCUT2D eigenvalue weighted by Gasteiger charge is -2.43. The van der Waals surface area contributed by atoms with Crippen LogP contribution in [0.2, 0.25) is 0 Å². The molecule has 0 radical (unpaired) electrons. The van der Waals surface area contributed by atoms with Crippen molar-refractivity contribution < 1.29 is 18.4 Å².